The van der Waals surface area contributed by atoms with Gasteiger partial charge in [0.25, 0.3) is 0 Å². The van der Waals surface area contributed by atoms with E-state index < -0.39 is 30.6 Å². The summed E-state index contributed by atoms with van der Waals surface area (Å²) >= 11 is 4.88. The summed E-state index contributed by atoms with van der Waals surface area (Å²) in [6.45, 7) is 20.9. The number of hydrogen-bond donors (Lipinski definition) is 2. The van der Waals surface area contributed by atoms with Gasteiger partial charge in [0, 0.05) is 28.3 Å². The van der Waals surface area contributed by atoms with Crippen LogP contribution < -0.4 is 10.6 Å². The van der Waals surface area contributed by atoms with Crippen molar-refractivity contribution >= 4 is 55.6 Å². The van der Waals surface area contributed by atoms with Crippen molar-refractivity contribution in [1.29, 1.82) is 5.26 Å². The summed E-state index contributed by atoms with van der Waals surface area (Å²) in [5.41, 5.74) is 0.407. The zero-order valence-corrected chi connectivity index (χ0v) is 28.4. The molecular weight excluding hydrogens is 637 g/mol. The van der Waals surface area contributed by atoms with E-state index in [1.165, 1.54) is 16.2 Å². The molecule has 14 heteroatoms. The lowest BCUT2D eigenvalue weighted by Gasteiger charge is -2.22. The maximum absolute atomic E-state index is 11.9. The van der Waals surface area contributed by atoms with Gasteiger partial charge < -0.3 is 15.5 Å². The van der Waals surface area contributed by atoms with Crippen molar-refractivity contribution in [1.82, 2.24) is 25.7 Å². The molecule has 0 aromatic carbocycles. The second-order valence-corrected chi connectivity index (χ2v) is 11.7. The van der Waals surface area contributed by atoms with Crippen LogP contribution in [0.25, 0.3) is 10.1 Å². The van der Waals surface area contributed by atoms with Crippen molar-refractivity contribution in [3.8, 4) is 6.07 Å². The Kier molecular flexibility index (Phi) is 19.9. The van der Waals surface area contributed by atoms with E-state index >= 15 is 0 Å². The van der Waals surface area contributed by atoms with Crippen LogP contribution in [0.4, 0.5) is 13.2 Å². The fraction of sp³-hybridized carbons (Fsp3) is 0.643. The largest absolute Gasteiger partial charge is 0.471 e. The summed E-state index contributed by atoms with van der Waals surface area (Å²) in [5.74, 6) is -1.45. The summed E-state index contributed by atoms with van der Waals surface area (Å²) < 4.78 is 37.5. The van der Waals surface area contributed by atoms with Gasteiger partial charge in [-0.05, 0) is 33.2 Å². The zero-order chi connectivity index (χ0) is 33.3. The van der Waals surface area contributed by atoms with Gasteiger partial charge in [-0.15, -0.1) is 11.3 Å². The summed E-state index contributed by atoms with van der Waals surface area (Å²) in [6.07, 6.45) is -2.84. The van der Waals surface area contributed by atoms with Crippen LogP contribution in [0.5, 0.6) is 0 Å². The molecule has 0 aliphatic carbocycles. The van der Waals surface area contributed by atoms with Gasteiger partial charge in [-0.2, -0.15) is 28.6 Å². The Hall–Kier alpha value is -2.79. The second kappa shape index (κ2) is 20.2. The fourth-order valence-corrected chi connectivity index (χ4v) is 4.80. The van der Waals surface area contributed by atoms with Gasteiger partial charge in [0.2, 0.25) is 12.3 Å². The number of hydrogen-bond acceptors (Lipinski definition) is 7. The molecule has 1 aliphatic rings. The number of fused-ring (bicyclic) bond motifs is 1. The highest BCUT2D eigenvalue weighted by atomic mass is 79.9. The summed E-state index contributed by atoms with van der Waals surface area (Å²) in [4.78, 5) is 34.1. The molecule has 0 radical (unpaired) electrons. The number of rotatable bonds is 5. The van der Waals surface area contributed by atoms with Gasteiger partial charge in [-0.3, -0.25) is 14.4 Å². The smallest absolute Gasteiger partial charge is 0.340 e. The fourth-order valence-electron chi connectivity index (χ4n) is 3.18. The number of thiophene rings is 1. The molecular formula is C28H44BrF3N6O3S. The SMILES string of the molecule is CC.CC.CC(C)C.C[C@H]1CN(C(=O)CNC(=O)C(F)(F)F)CC1(C)C.N#CC(NC=O)c1nncc2scc(Br)c12. The van der Waals surface area contributed by atoms with E-state index in [0.717, 1.165) is 20.5 Å². The molecule has 1 unspecified atom stereocenters. The summed E-state index contributed by atoms with van der Waals surface area (Å²) in [6, 6.07) is 1.19. The van der Waals surface area contributed by atoms with E-state index in [2.05, 4.69) is 52.2 Å². The minimum Gasteiger partial charge on any atom is -0.340 e. The number of amides is 3. The molecule has 2 aromatic rings. The molecule has 3 amide bonds. The summed E-state index contributed by atoms with van der Waals surface area (Å²) in [7, 11) is 0. The predicted molar refractivity (Wildman–Crippen MR) is 164 cm³/mol. The number of likely N-dealkylation sites (tertiary alicyclic amines) is 1. The van der Waals surface area contributed by atoms with Crippen molar-refractivity contribution in [2.45, 2.75) is 81.5 Å². The molecule has 1 saturated heterocycles. The van der Waals surface area contributed by atoms with Crippen LogP contribution in [0.1, 0.15) is 81.0 Å². The van der Waals surface area contributed by atoms with Crippen LogP contribution in [-0.4, -0.2) is 59.1 Å². The number of carbonyl (C=O) groups excluding carboxylic acids is 3. The molecule has 238 valence electrons. The quantitative estimate of drug-likeness (QED) is 0.341. The lowest BCUT2D eigenvalue weighted by Crippen LogP contribution is -2.44. The number of alkyl halides is 3. The van der Waals surface area contributed by atoms with Gasteiger partial charge in [-0.25, -0.2) is 0 Å². The minimum absolute atomic E-state index is 0.0519. The maximum Gasteiger partial charge on any atom is 0.471 e. The average molecular weight is 682 g/mol. The van der Waals surface area contributed by atoms with Crippen molar-refractivity contribution in [3.63, 3.8) is 0 Å². The Morgan fingerprint density at radius 2 is 1.81 bits per heavy atom. The normalized spacial score (nSPS) is 15.6. The van der Waals surface area contributed by atoms with Crippen LogP contribution in [0.2, 0.25) is 0 Å². The molecule has 42 heavy (non-hydrogen) atoms. The van der Waals surface area contributed by atoms with Gasteiger partial charge in [0.15, 0.2) is 6.04 Å². The third-order valence-corrected chi connectivity index (χ3v) is 7.29. The first kappa shape index (κ1) is 41.3. The molecule has 3 rings (SSSR count). The molecule has 1 fully saturated rings. The number of nitrogens with one attached hydrogen (secondary N) is 2. The predicted octanol–water partition coefficient (Wildman–Crippen LogP) is 6.65. The number of halogens is 4. The average Bonchev–Trinajstić information content (AvgIpc) is 3.45. The highest BCUT2D eigenvalue weighted by Gasteiger charge is 2.41. The molecule has 3 heterocycles. The van der Waals surface area contributed by atoms with Gasteiger partial charge >= 0.3 is 12.1 Å². The highest BCUT2D eigenvalue weighted by Crippen LogP contribution is 2.35. The van der Waals surface area contributed by atoms with E-state index in [-0.39, 0.29) is 11.3 Å². The number of nitrogens with zero attached hydrogens (tertiary/aromatic N) is 4. The molecule has 9 nitrogen and oxygen atoms in total. The van der Waals surface area contributed by atoms with Crippen LogP contribution in [0.3, 0.4) is 0 Å². The van der Waals surface area contributed by atoms with E-state index in [1.807, 2.05) is 59.9 Å². The van der Waals surface area contributed by atoms with E-state index in [9.17, 15) is 27.6 Å². The van der Waals surface area contributed by atoms with E-state index in [4.69, 9.17) is 5.26 Å². The Morgan fingerprint density at radius 1 is 1.26 bits per heavy atom. The first-order valence-electron chi connectivity index (χ1n) is 13.7. The van der Waals surface area contributed by atoms with Crippen LogP contribution >= 0.6 is 27.3 Å². The monoisotopic (exact) mass is 680 g/mol. The Balaban J connectivity index is 0. The number of aromatic nitrogens is 2. The minimum atomic E-state index is -4.95. The zero-order valence-electron chi connectivity index (χ0n) is 26.0. The van der Waals surface area contributed by atoms with Gasteiger partial charge in [0.05, 0.1) is 23.5 Å². The van der Waals surface area contributed by atoms with Crippen LogP contribution in [-0.2, 0) is 14.4 Å². The third-order valence-electron chi connectivity index (χ3n) is 5.45. The molecule has 0 saturated carbocycles. The first-order chi connectivity index (χ1) is 19.5. The van der Waals surface area contributed by atoms with E-state index in [1.54, 1.807) is 11.5 Å². The van der Waals surface area contributed by atoms with Crippen molar-refractivity contribution in [3.05, 3.63) is 21.7 Å². The Morgan fingerprint density at radius 3 is 2.24 bits per heavy atom. The standard InChI is InChI=1S/C11H17F3N2O2.C9H5BrN4OS.C4H10.2C2H6/c1-7-5-16(6-10(7,2)3)8(17)4-15-9(18)11(12,13)14;10-5-3-16-7-2-13-14-9(8(5)7)6(1-11)12-4-15;1-4(2)3;2*1-2/h7H,4-6H2,1-3H3,(H,15,18);2-4,6H,(H,12,15);4H,1-3H3;2*1-2H3/t7-;;;;/m0..../s1. The first-order valence-corrected chi connectivity index (χ1v) is 15.3. The van der Waals surface area contributed by atoms with Crippen molar-refractivity contribution in [2.24, 2.45) is 17.3 Å². The van der Waals surface area contributed by atoms with Crippen molar-refractivity contribution < 1.29 is 27.6 Å². The second-order valence-electron chi connectivity index (χ2n) is 9.98. The van der Waals surface area contributed by atoms with Crippen LogP contribution in [0, 0.1) is 28.6 Å². The number of carbonyl (C=O) groups is 3. The Labute approximate surface area is 259 Å². The maximum atomic E-state index is 11.9. The molecule has 2 aromatic heterocycles. The van der Waals surface area contributed by atoms with Gasteiger partial charge in [0.1, 0.15) is 5.69 Å². The number of nitriles is 1. The van der Waals surface area contributed by atoms with Crippen LogP contribution in [0.15, 0.2) is 16.0 Å². The lowest BCUT2D eigenvalue weighted by molar-refractivity contribution is -0.174. The van der Waals surface area contributed by atoms with Crippen molar-refractivity contribution in [2.75, 3.05) is 19.6 Å². The lowest BCUT2D eigenvalue weighted by atomic mass is 9.84. The highest BCUT2D eigenvalue weighted by molar-refractivity contribution is 9.10. The molecule has 0 spiro atoms. The molecule has 2 atom stereocenters. The van der Waals surface area contributed by atoms with E-state index in [0.29, 0.717) is 25.2 Å². The third kappa shape index (κ3) is 13.9. The molecule has 2 N–H and O–H groups in total. The summed E-state index contributed by atoms with van der Waals surface area (Å²) in [5, 5.41) is 23.4. The topological polar surface area (TPSA) is 128 Å². The Bertz CT molecular complexity index is 1150. The molecule has 0 bridgehead atoms. The molecule has 1 aliphatic heterocycles. The van der Waals surface area contributed by atoms with Gasteiger partial charge in [-0.1, -0.05) is 69.2 Å².